The number of carboxylic acid groups (broad SMARTS) is 1. The number of nitrogens with zero attached hydrogens (tertiary/aromatic N) is 1. The predicted octanol–water partition coefficient (Wildman–Crippen LogP) is 4.29. The van der Waals surface area contributed by atoms with Crippen LogP contribution in [0.25, 0.3) is 11.1 Å². The number of aromatic nitrogens is 2. The fourth-order valence-corrected chi connectivity index (χ4v) is 5.07. The molecule has 0 aliphatic heterocycles. The van der Waals surface area contributed by atoms with Gasteiger partial charge in [-0.1, -0.05) is 67.8 Å². The van der Waals surface area contributed by atoms with E-state index in [1.807, 2.05) is 36.4 Å². The smallest absolute Gasteiger partial charge is 0.412 e. The van der Waals surface area contributed by atoms with Crippen molar-refractivity contribution < 1.29 is 24.2 Å². The number of anilines is 1. The van der Waals surface area contributed by atoms with Crippen LogP contribution in [0.4, 0.5) is 10.6 Å². The average molecular weight is 475 g/mol. The molecule has 0 atom stereocenters. The van der Waals surface area contributed by atoms with E-state index in [-0.39, 0.29) is 24.0 Å². The number of carboxylic acids is 1. The molecule has 5 rings (SSSR count). The van der Waals surface area contributed by atoms with E-state index in [0.717, 1.165) is 41.5 Å². The lowest BCUT2D eigenvalue weighted by Crippen LogP contribution is -2.55. The maximum Gasteiger partial charge on any atom is 0.412 e. The Hall–Kier alpha value is -4.14. The van der Waals surface area contributed by atoms with Crippen molar-refractivity contribution in [2.45, 2.75) is 43.6 Å². The number of carbonyl (C=O) groups excluding carboxylic acids is 2. The molecule has 2 aliphatic carbocycles. The number of carbonyl (C=O) groups is 3. The van der Waals surface area contributed by atoms with E-state index in [4.69, 9.17) is 4.74 Å². The van der Waals surface area contributed by atoms with E-state index in [9.17, 15) is 19.5 Å². The van der Waals surface area contributed by atoms with E-state index in [1.165, 1.54) is 6.07 Å². The zero-order chi connectivity index (χ0) is 24.4. The molecule has 1 aromatic heterocycles. The van der Waals surface area contributed by atoms with Gasteiger partial charge in [0.2, 0.25) is 0 Å². The molecule has 0 unspecified atom stereocenters. The summed E-state index contributed by atoms with van der Waals surface area (Å²) in [6.45, 7) is 0.152. The highest BCUT2D eigenvalue weighted by Gasteiger charge is 2.41. The molecule has 1 fully saturated rings. The number of ether oxygens (including phenoxy) is 1. The van der Waals surface area contributed by atoms with Crippen LogP contribution in [0.3, 0.4) is 0 Å². The lowest BCUT2D eigenvalue weighted by atomic mass is 9.81. The topological polar surface area (TPSA) is 133 Å². The minimum Gasteiger partial charge on any atom is -0.480 e. The Labute approximate surface area is 201 Å². The van der Waals surface area contributed by atoms with E-state index < -0.39 is 23.5 Å². The molecule has 1 heterocycles. The van der Waals surface area contributed by atoms with Crippen molar-refractivity contribution in [3.8, 4) is 11.1 Å². The van der Waals surface area contributed by atoms with Crippen molar-refractivity contribution in [2.75, 3.05) is 11.9 Å². The Balaban J connectivity index is 1.21. The third kappa shape index (κ3) is 4.37. The van der Waals surface area contributed by atoms with E-state index in [1.54, 1.807) is 0 Å². The van der Waals surface area contributed by atoms with Gasteiger partial charge in [-0.25, -0.2) is 9.59 Å². The summed E-state index contributed by atoms with van der Waals surface area (Å²) in [6, 6.07) is 17.5. The van der Waals surface area contributed by atoms with Gasteiger partial charge in [0.05, 0.1) is 0 Å². The first-order valence-electron chi connectivity index (χ1n) is 11.7. The molecule has 0 saturated heterocycles. The fraction of sp³-hybridized carbons (Fsp3) is 0.308. The van der Waals surface area contributed by atoms with Gasteiger partial charge >= 0.3 is 12.1 Å². The zero-order valence-corrected chi connectivity index (χ0v) is 19.0. The van der Waals surface area contributed by atoms with E-state index in [0.29, 0.717) is 12.8 Å². The molecule has 2 aromatic carbocycles. The number of rotatable bonds is 6. The molecule has 3 aromatic rings. The van der Waals surface area contributed by atoms with Crippen LogP contribution in [-0.4, -0.2) is 45.4 Å². The van der Waals surface area contributed by atoms with Crippen molar-refractivity contribution in [2.24, 2.45) is 0 Å². The number of hydrogen-bond donors (Lipinski definition) is 4. The van der Waals surface area contributed by atoms with Crippen molar-refractivity contribution in [1.29, 1.82) is 0 Å². The van der Waals surface area contributed by atoms with Gasteiger partial charge in [-0.3, -0.25) is 15.2 Å². The predicted molar refractivity (Wildman–Crippen MR) is 128 cm³/mol. The normalized spacial score (nSPS) is 16.1. The maximum atomic E-state index is 12.7. The average Bonchev–Trinajstić information content (AvgIpc) is 3.46. The number of benzene rings is 2. The lowest BCUT2D eigenvalue weighted by molar-refractivity contribution is -0.145. The van der Waals surface area contributed by atoms with Gasteiger partial charge in [0.1, 0.15) is 17.8 Å². The molecule has 9 heteroatoms. The molecule has 35 heavy (non-hydrogen) atoms. The van der Waals surface area contributed by atoms with Crippen molar-refractivity contribution in [3.63, 3.8) is 0 Å². The van der Waals surface area contributed by atoms with E-state index in [2.05, 4.69) is 33.0 Å². The van der Waals surface area contributed by atoms with Gasteiger partial charge in [-0.15, -0.1) is 0 Å². The number of nitrogens with one attached hydrogen (secondary N) is 3. The first kappa shape index (κ1) is 22.6. The Morgan fingerprint density at radius 2 is 1.63 bits per heavy atom. The lowest BCUT2D eigenvalue weighted by Gasteiger charge is -2.33. The standard InChI is InChI=1S/C26H26N4O5/c31-23(28-26(24(32)33)12-6-1-7-13-26)21-14-22(30-29-21)27-25(34)35-15-20-18-10-4-2-8-16(18)17-9-3-5-11-19(17)20/h2-5,8-11,14,20H,1,6-7,12-13,15H2,(H,28,31)(H,32,33)(H2,27,29,30,34). The number of hydrogen-bond acceptors (Lipinski definition) is 5. The summed E-state index contributed by atoms with van der Waals surface area (Å²) < 4.78 is 5.50. The number of H-pyrrole nitrogens is 1. The molecule has 0 bridgehead atoms. The first-order chi connectivity index (χ1) is 17.0. The molecule has 0 spiro atoms. The van der Waals surface area contributed by atoms with E-state index >= 15 is 0 Å². The fourth-order valence-electron chi connectivity index (χ4n) is 5.07. The number of aromatic amines is 1. The van der Waals surface area contributed by atoms with Crippen LogP contribution in [0.5, 0.6) is 0 Å². The summed E-state index contributed by atoms with van der Waals surface area (Å²) in [4.78, 5) is 36.9. The Morgan fingerprint density at radius 1 is 1.00 bits per heavy atom. The number of fused-ring (bicyclic) bond motifs is 3. The molecule has 0 radical (unpaired) electrons. The van der Waals surface area contributed by atoms with Crippen LogP contribution >= 0.6 is 0 Å². The minimum absolute atomic E-state index is 0.0603. The second kappa shape index (κ2) is 9.25. The van der Waals surface area contributed by atoms with Gasteiger partial charge in [0, 0.05) is 12.0 Å². The molecule has 9 nitrogen and oxygen atoms in total. The molecular weight excluding hydrogens is 448 g/mol. The zero-order valence-electron chi connectivity index (χ0n) is 19.0. The van der Waals surface area contributed by atoms with Crippen molar-refractivity contribution >= 4 is 23.8 Å². The molecule has 1 saturated carbocycles. The van der Waals surface area contributed by atoms with Crippen LogP contribution in [0.1, 0.15) is 59.6 Å². The van der Waals surface area contributed by atoms with Crippen LogP contribution in [0, 0.1) is 0 Å². The highest BCUT2D eigenvalue weighted by atomic mass is 16.5. The van der Waals surface area contributed by atoms with Gasteiger partial charge in [0.25, 0.3) is 5.91 Å². The largest absolute Gasteiger partial charge is 0.480 e. The van der Waals surface area contributed by atoms with Crippen LogP contribution in [0.15, 0.2) is 54.6 Å². The molecule has 180 valence electrons. The van der Waals surface area contributed by atoms with Gasteiger partial charge in [-0.2, -0.15) is 5.10 Å². The van der Waals surface area contributed by atoms with Gasteiger partial charge < -0.3 is 15.2 Å². The quantitative estimate of drug-likeness (QED) is 0.421. The summed E-state index contributed by atoms with van der Waals surface area (Å²) in [5.41, 5.74) is 3.27. The highest BCUT2D eigenvalue weighted by Crippen LogP contribution is 2.44. The Morgan fingerprint density at radius 3 is 2.26 bits per heavy atom. The number of amides is 2. The molecule has 2 aliphatic rings. The minimum atomic E-state index is -1.28. The second-order valence-electron chi connectivity index (χ2n) is 9.02. The van der Waals surface area contributed by atoms with Crippen molar-refractivity contribution in [1.82, 2.24) is 15.5 Å². The van der Waals surface area contributed by atoms with Crippen LogP contribution < -0.4 is 10.6 Å². The third-order valence-corrected chi connectivity index (χ3v) is 6.87. The maximum absolute atomic E-state index is 12.7. The summed E-state index contributed by atoms with van der Waals surface area (Å²) >= 11 is 0. The molecule has 4 N–H and O–H groups in total. The molecular formula is C26H26N4O5. The Kier molecular flexibility index (Phi) is 5.98. The second-order valence-corrected chi connectivity index (χ2v) is 9.02. The van der Waals surface area contributed by atoms with Crippen LogP contribution in [-0.2, 0) is 9.53 Å². The SMILES string of the molecule is O=C(Nc1cc(C(=O)NC2(C(=O)O)CCCCC2)[nH]n1)OCC1c2ccccc2-c2ccccc21. The monoisotopic (exact) mass is 474 g/mol. The highest BCUT2D eigenvalue weighted by molar-refractivity contribution is 5.97. The Bertz CT molecular complexity index is 1230. The van der Waals surface area contributed by atoms with Gasteiger partial charge in [0.15, 0.2) is 5.82 Å². The third-order valence-electron chi connectivity index (χ3n) is 6.87. The summed E-state index contributed by atoms with van der Waals surface area (Å²) in [5, 5.41) is 21.3. The summed E-state index contributed by atoms with van der Waals surface area (Å²) in [6.07, 6.45) is 2.50. The molecule has 2 amide bonds. The van der Waals surface area contributed by atoms with Crippen molar-refractivity contribution in [3.05, 3.63) is 71.4 Å². The number of aliphatic carboxylic acids is 1. The van der Waals surface area contributed by atoms with Crippen LogP contribution in [0.2, 0.25) is 0 Å². The summed E-state index contributed by atoms with van der Waals surface area (Å²) in [5.74, 6) is -1.58. The van der Waals surface area contributed by atoms with Gasteiger partial charge in [-0.05, 0) is 35.1 Å². The first-order valence-corrected chi connectivity index (χ1v) is 11.7. The summed E-state index contributed by atoms with van der Waals surface area (Å²) in [7, 11) is 0.